The zero-order valence-corrected chi connectivity index (χ0v) is 15.1. The Bertz CT molecular complexity index is 1000. The summed E-state index contributed by atoms with van der Waals surface area (Å²) in [5, 5.41) is 6.75. The molecule has 0 saturated heterocycles. The highest BCUT2D eigenvalue weighted by Crippen LogP contribution is 2.36. The van der Waals surface area contributed by atoms with Crippen molar-refractivity contribution >= 4 is 27.4 Å². The summed E-state index contributed by atoms with van der Waals surface area (Å²) in [5.41, 5.74) is 6.16. The number of aromatic nitrogens is 2. The van der Waals surface area contributed by atoms with Gasteiger partial charge in [0.1, 0.15) is 17.0 Å². The highest BCUT2D eigenvalue weighted by molar-refractivity contribution is 7.17. The van der Waals surface area contributed by atoms with Crippen LogP contribution in [0, 0.1) is 13.8 Å². The van der Waals surface area contributed by atoms with Crippen LogP contribution < -0.4 is 5.32 Å². The molecule has 0 spiro atoms. The Morgan fingerprint density at radius 2 is 1.56 bits per heavy atom. The van der Waals surface area contributed by atoms with Gasteiger partial charge in [-0.3, -0.25) is 0 Å². The van der Waals surface area contributed by atoms with Gasteiger partial charge in [0, 0.05) is 17.5 Å². The standard InChI is InChI=1S/C21H19N3S/c1-14-3-7-16(8-4-14)11-22-20-19-18(12-25-21(19)24-13-23-20)17-9-5-15(2)6-10-17/h3-10,12-13H,11H2,1-2H3,(H,22,23,24). The fourth-order valence-electron chi connectivity index (χ4n) is 2.85. The van der Waals surface area contributed by atoms with Crippen LogP contribution in [0.5, 0.6) is 0 Å². The fourth-order valence-corrected chi connectivity index (χ4v) is 3.76. The number of fused-ring (bicyclic) bond motifs is 1. The first-order chi connectivity index (χ1) is 12.2. The number of hydrogen-bond donors (Lipinski definition) is 1. The van der Waals surface area contributed by atoms with E-state index in [1.165, 1.54) is 27.8 Å². The van der Waals surface area contributed by atoms with Gasteiger partial charge in [-0.1, -0.05) is 59.7 Å². The maximum atomic E-state index is 4.50. The highest BCUT2D eigenvalue weighted by atomic mass is 32.1. The Kier molecular flexibility index (Phi) is 4.20. The second kappa shape index (κ2) is 6.65. The normalized spacial score (nSPS) is 11.0. The molecule has 124 valence electrons. The van der Waals surface area contributed by atoms with E-state index in [0.717, 1.165) is 22.6 Å². The van der Waals surface area contributed by atoms with Gasteiger partial charge in [0.05, 0.1) is 5.39 Å². The molecule has 0 fully saturated rings. The third-order valence-corrected chi connectivity index (χ3v) is 5.20. The zero-order chi connectivity index (χ0) is 17.2. The van der Waals surface area contributed by atoms with E-state index in [4.69, 9.17) is 0 Å². The zero-order valence-electron chi connectivity index (χ0n) is 14.3. The van der Waals surface area contributed by atoms with Crippen molar-refractivity contribution in [2.75, 3.05) is 5.32 Å². The topological polar surface area (TPSA) is 37.8 Å². The van der Waals surface area contributed by atoms with E-state index in [-0.39, 0.29) is 0 Å². The minimum Gasteiger partial charge on any atom is -0.365 e. The van der Waals surface area contributed by atoms with Crippen LogP contribution in [0.25, 0.3) is 21.3 Å². The van der Waals surface area contributed by atoms with Crippen LogP contribution in [0.2, 0.25) is 0 Å². The third kappa shape index (κ3) is 3.26. The van der Waals surface area contributed by atoms with Crippen LogP contribution >= 0.6 is 11.3 Å². The number of aryl methyl sites for hydroxylation is 2. The highest BCUT2D eigenvalue weighted by Gasteiger charge is 2.12. The second-order valence-electron chi connectivity index (χ2n) is 6.26. The Balaban J connectivity index is 1.70. The van der Waals surface area contributed by atoms with E-state index < -0.39 is 0 Å². The predicted molar refractivity (Wildman–Crippen MR) is 106 cm³/mol. The lowest BCUT2D eigenvalue weighted by Crippen LogP contribution is -2.02. The molecule has 4 heteroatoms. The van der Waals surface area contributed by atoms with Crippen molar-refractivity contribution < 1.29 is 0 Å². The van der Waals surface area contributed by atoms with Gasteiger partial charge in [0.15, 0.2) is 0 Å². The van der Waals surface area contributed by atoms with E-state index in [1.807, 2.05) is 0 Å². The molecule has 1 N–H and O–H groups in total. The largest absolute Gasteiger partial charge is 0.365 e. The molecule has 0 amide bonds. The van der Waals surface area contributed by atoms with Gasteiger partial charge < -0.3 is 5.32 Å². The SMILES string of the molecule is Cc1ccc(CNc2ncnc3scc(-c4ccc(C)cc4)c23)cc1. The molecular formula is C21H19N3S. The molecule has 0 radical (unpaired) electrons. The summed E-state index contributed by atoms with van der Waals surface area (Å²) < 4.78 is 0. The lowest BCUT2D eigenvalue weighted by atomic mass is 10.0. The number of nitrogens with one attached hydrogen (secondary N) is 1. The number of thiophene rings is 1. The number of rotatable bonds is 4. The maximum absolute atomic E-state index is 4.50. The Morgan fingerprint density at radius 1 is 0.880 bits per heavy atom. The lowest BCUT2D eigenvalue weighted by Gasteiger charge is -2.09. The van der Waals surface area contributed by atoms with E-state index in [9.17, 15) is 0 Å². The monoisotopic (exact) mass is 345 g/mol. The molecule has 2 aromatic heterocycles. The van der Waals surface area contributed by atoms with Gasteiger partial charge in [-0.25, -0.2) is 9.97 Å². The lowest BCUT2D eigenvalue weighted by molar-refractivity contribution is 1.10. The summed E-state index contributed by atoms with van der Waals surface area (Å²) in [4.78, 5) is 9.95. The van der Waals surface area contributed by atoms with Crippen molar-refractivity contribution in [1.29, 1.82) is 0 Å². The van der Waals surface area contributed by atoms with Crippen molar-refractivity contribution in [3.8, 4) is 11.1 Å². The van der Waals surface area contributed by atoms with Crippen molar-refractivity contribution in [3.05, 3.63) is 76.9 Å². The number of anilines is 1. The van der Waals surface area contributed by atoms with Crippen LogP contribution in [0.4, 0.5) is 5.82 Å². The summed E-state index contributed by atoms with van der Waals surface area (Å²) in [6.07, 6.45) is 1.63. The molecule has 0 aliphatic rings. The maximum Gasteiger partial charge on any atom is 0.139 e. The first-order valence-corrected chi connectivity index (χ1v) is 9.17. The summed E-state index contributed by atoms with van der Waals surface area (Å²) in [5.74, 6) is 0.891. The summed E-state index contributed by atoms with van der Waals surface area (Å²) >= 11 is 1.66. The van der Waals surface area contributed by atoms with Crippen molar-refractivity contribution in [2.45, 2.75) is 20.4 Å². The minimum absolute atomic E-state index is 0.746. The smallest absolute Gasteiger partial charge is 0.139 e. The van der Waals surface area contributed by atoms with Gasteiger partial charge >= 0.3 is 0 Å². The Labute approximate surface area is 151 Å². The molecule has 0 bridgehead atoms. The number of nitrogens with zero attached hydrogens (tertiary/aromatic N) is 2. The van der Waals surface area contributed by atoms with E-state index in [1.54, 1.807) is 17.7 Å². The first kappa shape index (κ1) is 15.8. The molecule has 0 atom stereocenters. The number of benzene rings is 2. The summed E-state index contributed by atoms with van der Waals surface area (Å²) in [6, 6.07) is 17.2. The third-order valence-electron chi connectivity index (χ3n) is 4.31. The van der Waals surface area contributed by atoms with Gasteiger partial charge in [-0.15, -0.1) is 11.3 Å². The van der Waals surface area contributed by atoms with Crippen LogP contribution in [0.1, 0.15) is 16.7 Å². The number of hydrogen-bond acceptors (Lipinski definition) is 4. The van der Waals surface area contributed by atoms with Crippen molar-refractivity contribution in [3.63, 3.8) is 0 Å². The second-order valence-corrected chi connectivity index (χ2v) is 7.12. The van der Waals surface area contributed by atoms with Crippen LogP contribution in [-0.2, 0) is 6.54 Å². The quantitative estimate of drug-likeness (QED) is 0.524. The van der Waals surface area contributed by atoms with Gasteiger partial charge in [0.2, 0.25) is 0 Å². The molecule has 2 aromatic carbocycles. The van der Waals surface area contributed by atoms with Crippen LogP contribution in [0.3, 0.4) is 0 Å². The van der Waals surface area contributed by atoms with Gasteiger partial charge in [-0.05, 0) is 25.0 Å². The predicted octanol–water partition coefficient (Wildman–Crippen LogP) is 5.59. The van der Waals surface area contributed by atoms with Gasteiger partial charge in [0.25, 0.3) is 0 Å². The van der Waals surface area contributed by atoms with Crippen LogP contribution in [0.15, 0.2) is 60.2 Å². The minimum atomic E-state index is 0.746. The molecule has 25 heavy (non-hydrogen) atoms. The first-order valence-electron chi connectivity index (χ1n) is 8.29. The van der Waals surface area contributed by atoms with Gasteiger partial charge in [-0.2, -0.15) is 0 Å². The van der Waals surface area contributed by atoms with Crippen molar-refractivity contribution in [1.82, 2.24) is 9.97 Å². The fraction of sp³-hybridized carbons (Fsp3) is 0.143. The van der Waals surface area contributed by atoms with Crippen LogP contribution in [-0.4, -0.2) is 9.97 Å². The van der Waals surface area contributed by atoms with E-state index in [0.29, 0.717) is 0 Å². The Morgan fingerprint density at radius 3 is 2.28 bits per heavy atom. The van der Waals surface area contributed by atoms with E-state index in [2.05, 4.69) is 83.0 Å². The molecule has 0 unspecified atom stereocenters. The Hall–Kier alpha value is -2.72. The average molecular weight is 345 g/mol. The summed E-state index contributed by atoms with van der Waals surface area (Å²) in [7, 11) is 0. The molecule has 0 saturated carbocycles. The average Bonchev–Trinajstić information content (AvgIpc) is 3.07. The molecule has 4 rings (SSSR count). The molecule has 2 heterocycles. The molecule has 0 aliphatic heterocycles. The molecule has 3 nitrogen and oxygen atoms in total. The van der Waals surface area contributed by atoms with Crippen molar-refractivity contribution in [2.24, 2.45) is 0 Å². The molecule has 0 aliphatic carbocycles. The van der Waals surface area contributed by atoms with E-state index >= 15 is 0 Å². The molecular weight excluding hydrogens is 326 g/mol. The summed E-state index contributed by atoms with van der Waals surface area (Å²) in [6.45, 7) is 4.95. The molecule has 4 aromatic rings.